The van der Waals surface area contributed by atoms with E-state index in [2.05, 4.69) is 30.9 Å². The summed E-state index contributed by atoms with van der Waals surface area (Å²) in [7, 11) is 1.42. The molecule has 0 aliphatic heterocycles. The van der Waals surface area contributed by atoms with Crippen molar-refractivity contribution in [1.29, 1.82) is 5.26 Å². The Kier molecular flexibility index (Phi) is 9.55. The maximum Gasteiger partial charge on any atom is 0.243 e. The number of pyridine rings is 1. The Labute approximate surface area is 135 Å². The van der Waals surface area contributed by atoms with E-state index in [1.807, 2.05) is 6.19 Å². The lowest BCUT2D eigenvalue weighted by molar-refractivity contribution is -0.131. The monoisotopic (exact) mass is 318 g/mol. The van der Waals surface area contributed by atoms with Crippen molar-refractivity contribution in [3.05, 3.63) is 24.5 Å². The van der Waals surface area contributed by atoms with Gasteiger partial charge in [-0.25, -0.2) is 5.48 Å². The Hall–Kier alpha value is -2.66. The predicted octanol–water partition coefficient (Wildman–Crippen LogP) is 1.55. The Bertz CT molecular complexity index is 527. The Morgan fingerprint density at radius 3 is 2.74 bits per heavy atom. The van der Waals surface area contributed by atoms with Crippen molar-refractivity contribution >= 4 is 17.6 Å². The van der Waals surface area contributed by atoms with Gasteiger partial charge < -0.3 is 5.32 Å². The van der Waals surface area contributed by atoms with E-state index in [0.29, 0.717) is 18.9 Å². The Morgan fingerprint density at radius 2 is 2.04 bits per heavy atom. The number of guanidine groups is 1. The number of unbranched alkanes of at least 4 members (excludes halogenated alkanes) is 3. The minimum Gasteiger partial charge on any atom is -0.325 e. The summed E-state index contributed by atoms with van der Waals surface area (Å²) in [5.41, 5.74) is 3.10. The predicted molar refractivity (Wildman–Crippen MR) is 87.1 cm³/mol. The molecule has 23 heavy (non-hydrogen) atoms. The van der Waals surface area contributed by atoms with Gasteiger partial charge in [0.2, 0.25) is 11.9 Å². The van der Waals surface area contributed by atoms with Gasteiger partial charge in [0, 0.05) is 31.0 Å². The number of hydroxylamine groups is 1. The third kappa shape index (κ3) is 9.06. The molecule has 1 aromatic rings. The summed E-state index contributed by atoms with van der Waals surface area (Å²) in [6.45, 7) is 0.604. The third-order valence-electron chi connectivity index (χ3n) is 2.92. The fraction of sp³-hybridized carbons (Fsp3) is 0.467. The lowest BCUT2D eigenvalue weighted by atomic mass is 10.1. The van der Waals surface area contributed by atoms with Gasteiger partial charge in [-0.05, 0) is 25.0 Å². The number of aliphatic imine (C=N–C) groups is 1. The van der Waals surface area contributed by atoms with E-state index in [0.717, 1.165) is 31.4 Å². The number of rotatable bonds is 9. The zero-order valence-corrected chi connectivity index (χ0v) is 13.2. The van der Waals surface area contributed by atoms with Crippen molar-refractivity contribution in [2.45, 2.75) is 32.1 Å². The lowest BCUT2D eigenvalue weighted by Crippen LogP contribution is -2.27. The van der Waals surface area contributed by atoms with Crippen molar-refractivity contribution in [1.82, 2.24) is 15.8 Å². The van der Waals surface area contributed by atoms with Gasteiger partial charge in [0.25, 0.3) is 0 Å². The maximum atomic E-state index is 11.2. The Balaban J connectivity index is 2.22. The third-order valence-corrected chi connectivity index (χ3v) is 2.92. The molecule has 8 nitrogen and oxygen atoms in total. The molecule has 3 N–H and O–H groups in total. The molecule has 0 aliphatic rings. The maximum absolute atomic E-state index is 11.2. The van der Waals surface area contributed by atoms with Crippen molar-refractivity contribution in [2.75, 3.05) is 19.0 Å². The average Bonchev–Trinajstić information content (AvgIpc) is 2.55. The second-order valence-electron chi connectivity index (χ2n) is 4.72. The van der Waals surface area contributed by atoms with Crippen molar-refractivity contribution in [3.63, 3.8) is 0 Å². The number of nitriles is 1. The number of carbonyl (C=O) groups is 1. The molecule has 0 atom stereocenters. The highest BCUT2D eigenvalue weighted by Gasteiger charge is 2.00. The second kappa shape index (κ2) is 11.9. The summed E-state index contributed by atoms with van der Waals surface area (Å²) >= 11 is 0. The number of nitrogens with one attached hydrogen (secondary N) is 3. The zero-order valence-electron chi connectivity index (χ0n) is 13.2. The summed E-state index contributed by atoms with van der Waals surface area (Å²) in [6.07, 6.45) is 9.26. The van der Waals surface area contributed by atoms with E-state index in [1.165, 1.54) is 7.11 Å². The van der Waals surface area contributed by atoms with Crippen LogP contribution in [0.25, 0.3) is 0 Å². The fourth-order valence-corrected chi connectivity index (χ4v) is 1.84. The zero-order chi connectivity index (χ0) is 16.8. The molecule has 0 spiro atoms. The van der Waals surface area contributed by atoms with E-state index < -0.39 is 0 Å². The molecule has 1 aromatic heterocycles. The highest BCUT2D eigenvalue weighted by atomic mass is 16.6. The largest absolute Gasteiger partial charge is 0.325 e. The minimum atomic E-state index is -0.104. The number of anilines is 1. The molecule has 124 valence electrons. The first-order valence-corrected chi connectivity index (χ1v) is 7.44. The van der Waals surface area contributed by atoms with Gasteiger partial charge in [0.15, 0.2) is 6.19 Å². The van der Waals surface area contributed by atoms with E-state index >= 15 is 0 Å². The summed E-state index contributed by atoms with van der Waals surface area (Å²) in [5, 5.41) is 14.3. The van der Waals surface area contributed by atoms with Crippen LogP contribution in [0.5, 0.6) is 0 Å². The van der Waals surface area contributed by atoms with Gasteiger partial charge >= 0.3 is 0 Å². The first-order chi connectivity index (χ1) is 11.3. The summed E-state index contributed by atoms with van der Waals surface area (Å²) in [4.78, 5) is 23.9. The van der Waals surface area contributed by atoms with Crippen molar-refractivity contribution < 1.29 is 9.63 Å². The fourth-order valence-electron chi connectivity index (χ4n) is 1.84. The first-order valence-electron chi connectivity index (χ1n) is 7.44. The second-order valence-corrected chi connectivity index (χ2v) is 4.72. The molecular formula is C15H22N6O2. The van der Waals surface area contributed by atoms with E-state index in [4.69, 9.17) is 5.26 Å². The SMILES string of the molecule is CONC(=O)CCCCCCN=C(NC#N)Nc1ccncc1. The minimum absolute atomic E-state index is 0.104. The summed E-state index contributed by atoms with van der Waals surface area (Å²) in [5.74, 6) is 0.311. The quantitative estimate of drug-likeness (QED) is 0.159. The first kappa shape index (κ1) is 18.4. The normalized spacial score (nSPS) is 10.7. The highest BCUT2D eigenvalue weighted by molar-refractivity contribution is 5.94. The van der Waals surface area contributed by atoms with Gasteiger partial charge in [0.05, 0.1) is 7.11 Å². The van der Waals surface area contributed by atoms with Crippen LogP contribution >= 0.6 is 0 Å². The smallest absolute Gasteiger partial charge is 0.243 e. The van der Waals surface area contributed by atoms with Crippen LogP contribution in [0.1, 0.15) is 32.1 Å². The van der Waals surface area contributed by atoms with Gasteiger partial charge in [0.1, 0.15) is 0 Å². The van der Waals surface area contributed by atoms with Crippen LogP contribution in [-0.4, -0.2) is 30.5 Å². The lowest BCUT2D eigenvalue weighted by Gasteiger charge is -2.07. The van der Waals surface area contributed by atoms with Crippen LogP contribution in [0.3, 0.4) is 0 Å². The average molecular weight is 318 g/mol. The van der Waals surface area contributed by atoms with Crippen LogP contribution < -0.4 is 16.1 Å². The van der Waals surface area contributed by atoms with Crippen molar-refractivity contribution in [2.24, 2.45) is 4.99 Å². The molecule has 0 bridgehead atoms. The molecule has 1 rings (SSSR count). The molecular weight excluding hydrogens is 296 g/mol. The van der Waals surface area contributed by atoms with Crippen LogP contribution in [0.2, 0.25) is 0 Å². The molecule has 8 heteroatoms. The van der Waals surface area contributed by atoms with E-state index in [9.17, 15) is 4.79 Å². The summed E-state index contributed by atoms with van der Waals surface area (Å²) < 4.78 is 0. The molecule has 1 heterocycles. The van der Waals surface area contributed by atoms with E-state index in [1.54, 1.807) is 24.5 Å². The number of hydrogen-bond donors (Lipinski definition) is 3. The Morgan fingerprint density at radius 1 is 1.30 bits per heavy atom. The van der Waals surface area contributed by atoms with Crippen LogP contribution in [0.4, 0.5) is 5.69 Å². The molecule has 0 saturated carbocycles. The van der Waals surface area contributed by atoms with Crippen LogP contribution in [-0.2, 0) is 9.63 Å². The molecule has 0 aliphatic carbocycles. The molecule has 0 unspecified atom stereocenters. The number of amides is 1. The number of hydrogen-bond acceptors (Lipinski definition) is 5. The molecule has 0 fully saturated rings. The van der Waals surface area contributed by atoms with Crippen LogP contribution in [0, 0.1) is 11.5 Å². The highest BCUT2D eigenvalue weighted by Crippen LogP contribution is 2.05. The van der Waals surface area contributed by atoms with Crippen LogP contribution in [0.15, 0.2) is 29.5 Å². The number of nitrogens with zero attached hydrogens (tertiary/aromatic N) is 3. The number of aromatic nitrogens is 1. The standard InChI is InChI=1S/C15H22N6O2/c1-23-21-14(22)6-4-2-3-5-9-18-15(19-12-16)20-13-7-10-17-11-8-13/h7-8,10-11H,2-6,9H2,1H3,(H,21,22)(H2,17,18,19,20). The molecule has 0 radical (unpaired) electrons. The van der Waals surface area contributed by atoms with Crippen molar-refractivity contribution in [3.8, 4) is 6.19 Å². The van der Waals surface area contributed by atoms with Gasteiger partial charge in [-0.2, -0.15) is 5.26 Å². The molecule has 0 saturated heterocycles. The van der Waals surface area contributed by atoms with Gasteiger partial charge in [-0.1, -0.05) is 12.8 Å². The van der Waals surface area contributed by atoms with Gasteiger partial charge in [-0.15, -0.1) is 0 Å². The molecule has 0 aromatic carbocycles. The topological polar surface area (TPSA) is 111 Å². The number of carbonyl (C=O) groups excluding carboxylic acids is 1. The summed E-state index contributed by atoms with van der Waals surface area (Å²) in [6, 6.07) is 3.58. The van der Waals surface area contributed by atoms with Gasteiger partial charge in [-0.3, -0.25) is 24.9 Å². The molecule has 1 amide bonds. The van der Waals surface area contributed by atoms with E-state index in [-0.39, 0.29) is 5.91 Å².